The molecule has 3 nitrogen and oxygen atoms in total. The van der Waals surface area contributed by atoms with Crippen molar-refractivity contribution >= 4 is 26.5 Å². The maximum absolute atomic E-state index is 11.8. The van der Waals surface area contributed by atoms with E-state index in [9.17, 15) is 9.59 Å². The molecule has 0 radical (unpaired) electrons. The Labute approximate surface area is 124 Å². The van der Waals surface area contributed by atoms with Gasteiger partial charge in [0.2, 0.25) is 0 Å². The van der Waals surface area contributed by atoms with Crippen molar-refractivity contribution < 1.29 is 9.59 Å². The Hall–Kier alpha value is -1.52. The van der Waals surface area contributed by atoms with Gasteiger partial charge in [-0.05, 0) is 0 Å². The van der Waals surface area contributed by atoms with Crippen LogP contribution in [0, 0.1) is 12.3 Å². The number of terminal acetylenes is 1. The fourth-order valence-corrected chi connectivity index (χ4v) is 5.02. The van der Waals surface area contributed by atoms with E-state index >= 15 is 0 Å². The first-order valence-electron chi connectivity index (χ1n) is 6.73. The van der Waals surface area contributed by atoms with Gasteiger partial charge >= 0.3 is 124 Å². The third-order valence-corrected chi connectivity index (χ3v) is 7.23. The number of hydrogen-bond donors (Lipinski definition) is 1. The molecule has 0 aromatic heterocycles. The maximum atomic E-state index is 11.8. The molecular weight excluding hydrogens is 313 g/mol. The quantitative estimate of drug-likeness (QED) is 0.377. The molecule has 1 heterocycles. The molecule has 1 N–H and O–H groups in total. The van der Waals surface area contributed by atoms with E-state index in [1.165, 1.54) is 5.21 Å². The summed E-state index contributed by atoms with van der Waals surface area (Å²) in [5.41, 5.74) is 4.38. The minimum atomic E-state index is -0.801. The predicted octanol–water partition coefficient (Wildman–Crippen LogP) is 2.65. The van der Waals surface area contributed by atoms with Crippen LogP contribution < -0.4 is 5.32 Å². The molecule has 1 aromatic rings. The number of fused-ring (bicyclic) bond motifs is 1. The van der Waals surface area contributed by atoms with Crippen LogP contribution in [0.15, 0.2) is 18.2 Å². The van der Waals surface area contributed by atoms with E-state index in [1.54, 1.807) is 6.07 Å². The molecule has 1 aromatic carbocycles. The third kappa shape index (κ3) is 3.32. The van der Waals surface area contributed by atoms with E-state index in [2.05, 4.69) is 16.9 Å². The monoisotopic (exact) mass is 331 g/mol. The molecule has 20 heavy (non-hydrogen) atoms. The number of carbonyl (C=O) groups excluding carboxylic acids is 2. The Kier molecular flexibility index (Phi) is 5.04. The van der Waals surface area contributed by atoms with Crippen LogP contribution in [-0.2, 0) is 6.42 Å². The van der Waals surface area contributed by atoms with Gasteiger partial charge in [-0.2, -0.15) is 0 Å². The summed E-state index contributed by atoms with van der Waals surface area (Å²) in [4.78, 5) is 23.4. The summed E-state index contributed by atoms with van der Waals surface area (Å²) in [6.07, 6.45) is 8.37. The number of hydrogen-bond acceptors (Lipinski definition) is 2. The summed E-state index contributed by atoms with van der Waals surface area (Å²) in [5, 5.41) is 4.57. The van der Waals surface area contributed by atoms with E-state index in [4.69, 9.17) is 6.42 Å². The number of unbranched alkanes of at least 4 members (excludes halogenated alkanes) is 1. The molecule has 4 heteroatoms. The zero-order valence-corrected chi connectivity index (χ0v) is 13.5. The van der Waals surface area contributed by atoms with E-state index < -0.39 is 14.7 Å². The standard InChI is InChI=1S/C16H18AsNO2/c1-3-10-17(2)11-5-4-7-12-8-6-9-13-14(12)16(20)18-15(13)19/h1,6,8-9H,4-5,7,10-11H2,2H3,(H,18,19,20). The number of rotatable bonds is 6. The fraction of sp³-hybridized carbons (Fsp3) is 0.375. The summed E-state index contributed by atoms with van der Waals surface area (Å²) >= 11 is -0.801. The Morgan fingerprint density at radius 1 is 1.25 bits per heavy atom. The predicted molar refractivity (Wildman–Crippen MR) is 81.2 cm³/mol. The van der Waals surface area contributed by atoms with Gasteiger partial charge in [0.25, 0.3) is 0 Å². The van der Waals surface area contributed by atoms with Crippen molar-refractivity contribution in [3.63, 3.8) is 0 Å². The topological polar surface area (TPSA) is 46.2 Å². The molecule has 2 amide bonds. The van der Waals surface area contributed by atoms with Crippen molar-refractivity contribution in [1.82, 2.24) is 5.32 Å². The number of carbonyl (C=O) groups is 2. The Morgan fingerprint density at radius 2 is 2.05 bits per heavy atom. The van der Waals surface area contributed by atoms with Crippen molar-refractivity contribution in [3.8, 4) is 12.3 Å². The van der Waals surface area contributed by atoms with Crippen LogP contribution in [0.5, 0.6) is 0 Å². The molecule has 0 saturated heterocycles. The van der Waals surface area contributed by atoms with Gasteiger partial charge < -0.3 is 0 Å². The normalized spacial score (nSPS) is 14.6. The second-order valence-electron chi connectivity index (χ2n) is 5.02. The minimum absolute atomic E-state index is 0.254. The number of imide groups is 1. The summed E-state index contributed by atoms with van der Waals surface area (Å²) in [5.74, 6) is 2.22. The molecule has 1 aliphatic rings. The molecule has 0 bridgehead atoms. The average Bonchev–Trinajstić information content (AvgIpc) is 2.71. The van der Waals surface area contributed by atoms with Gasteiger partial charge in [0.05, 0.1) is 0 Å². The first kappa shape index (κ1) is 14.9. The van der Waals surface area contributed by atoms with E-state index in [1.807, 2.05) is 12.1 Å². The molecule has 0 spiro atoms. The SMILES string of the molecule is C#CC[As](C)CCCCc1cccc2c1C(=O)NC2=O. The average molecular weight is 331 g/mol. The molecule has 0 aliphatic carbocycles. The molecule has 0 saturated carbocycles. The number of nitrogens with one attached hydrogen (secondary N) is 1. The van der Waals surface area contributed by atoms with Gasteiger partial charge in [0, 0.05) is 0 Å². The fourth-order valence-electron chi connectivity index (χ4n) is 2.43. The van der Waals surface area contributed by atoms with Crippen molar-refractivity contribution in [2.45, 2.75) is 35.4 Å². The Bertz CT molecular complexity index is 574. The van der Waals surface area contributed by atoms with E-state index in [0.717, 1.165) is 30.0 Å². The molecule has 1 unspecified atom stereocenters. The van der Waals surface area contributed by atoms with Crippen LogP contribution in [0.3, 0.4) is 0 Å². The molecule has 0 fully saturated rings. The van der Waals surface area contributed by atoms with Crippen LogP contribution in [0.4, 0.5) is 0 Å². The van der Waals surface area contributed by atoms with Gasteiger partial charge in [-0.25, -0.2) is 0 Å². The molecule has 2 rings (SSSR count). The second kappa shape index (κ2) is 6.77. The van der Waals surface area contributed by atoms with Gasteiger partial charge in [-0.1, -0.05) is 0 Å². The van der Waals surface area contributed by atoms with E-state index in [-0.39, 0.29) is 11.8 Å². The summed E-state index contributed by atoms with van der Waals surface area (Å²) < 4.78 is 0. The summed E-state index contributed by atoms with van der Waals surface area (Å²) in [6.45, 7) is 0. The van der Waals surface area contributed by atoms with Crippen molar-refractivity contribution in [2.75, 3.05) is 0 Å². The Morgan fingerprint density at radius 3 is 2.80 bits per heavy atom. The van der Waals surface area contributed by atoms with Gasteiger partial charge in [0.15, 0.2) is 0 Å². The van der Waals surface area contributed by atoms with Crippen LogP contribution in [0.2, 0.25) is 16.1 Å². The first-order valence-corrected chi connectivity index (χ1v) is 11.3. The second-order valence-corrected chi connectivity index (χ2v) is 10.2. The third-order valence-electron chi connectivity index (χ3n) is 3.45. The molecule has 1 aliphatic heterocycles. The zero-order chi connectivity index (χ0) is 14.5. The molecule has 1 atom stereocenters. The van der Waals surface area contributed by atoms with Crippen LogP contribution in [0.1, 0.15) is 39.1 Å². The van der Waals surface area contributed by atoms with E-state index in [0.29, 0.717) is 11.1 Å². The molecule has 104 valence electrons. The molecular formula is C16H18AsNO2. The van der Waals surface area contributed by atoms with Crippen molar-refractivity contribution in [2.24, 2.45) is 0 Å². The number of benzene rings is 1. The van der Waals surface area contributed by atoms with Crippen molar-refractivity contribution in [1.29, 1.82) is 0 Å². The van der Waals surface area contributed by atoms with Crippen LogP contribution in [0.25, 0.3) is 0 Å². The van der Waals surface area contributed by atoms with Crippen molar-refractivity contribution in [3.05, 3.63) is 34.9 Å². The van der Waals surface area contributed by atoms with Gasteiger partial charge in [-0.15, -0.1) is 0 Å². The van der Waals surface area contributed by atoms with Gasteiger partial charge in [0.1, 0.15) is 0 Å². The number of aryl methyl sites for hydroxylation is 1. The summed E-state index contributed by atoms with van der Waals surface area (Å²) in [6, 6.07) is 5.50. The summed E-state index contributed by atoms with van der Waals surface area (Å²) in [7, 11) is 0. The zero-order valence-electron chi connectivity index (χ0n) is 11.6. The number of amides is 2. The Balaban J connectivity index is 1.94. The van der Waals surface area contributed by atoms with Crippen LogP contribution >= 0.6 is 0 Å². The first-order chi connectivity index (χ1) is 9.63. The van der Waals surface area contributed by atoms with Crippen LogP contribution in [-0.4, -0.2) is 26.5 Å². The van der Waals surface area contributed by atoms with Gasteiger partial charge in [-0.3, -0.25) is 0 Å².